The number of aromatic nitrogens is 1. The van der Waals surface area contributed by atoms with E-state index >= 15 is 0 Å². The van der Waals surface area contributed by atoms with Crippen LogP contribution in [-0.2, 0) is 19.4 Å². The Bertz CT molecular complexity index is 773. The van der Waals surface area contributed by atoms with Crippen molar-refractivity contribution in [3.05, 3.63) is 52.8 Å². The first-order valence-electron chi connectivity index (χ1n) is 7.98. The van der Waals surface area contributed by atoms with Crippen LogP contribution in [0.3, 0.4) is 0 Å². The third-order valence-corrected chi connectivity index (χ3v) is 4.41. The quantitative estimate of drug-likeness (QED) is 0.893. The average molecular weight is 309 g/mol. The van der Waals surface area contributed by atoms with Crippen molar-refractivity contribution < 1.29 is 9.53 Å². The molecular weight excluding hydrogens is 290 g/mol. The second-order valence-corrected chi connectivity index (χ2v) is 6.16. The van der Waals surface area contributed by atoms with Gasteiger partial charge in [-0.15, -0.1) is 0 Å². The van der Waals surface area contributed by atoms with Crippen LogP contribution >= 0.6 is 0 Å². The molecule has 0 radical (unpaired) electrons. The van der Waals surface area contributed by atoms with Gasteiger partial charge in [-0.3, -0.25) is 9.78 Å². The lowest BCUT2D eigenvalue weighted by molar-refractivity contribution is 0.102. The van der Waals surface area contributed by atoms with Crippen molar-refractivity contribution >= 4 is 11.6 Å². The second kappa shape index (κ2) is 5.66. The number of fused-ring (bicyclic) bond motifs is 2. The van der Waals surface area contributed by atoms with E-state index in [-0.39, 0.29) is 12.0 Å². The van der Waals surface area contributed by atoms with Crippen molar-refractivity contribution in [3.8, 4) is 5.75 Å². The van der Waals surface area contributed by atoms with Crippen molar-refractivity contribution in [1.82, 2.24) is 10.3 Å². The SMILES string of the molecule is CC1Cc2cc(NC(=O)c3cncc4c3CCNC4)ccc2O1. The molecule has 0 saturated heterocycles. The van der Waals surface area contributed by atoms with Crippen LogP contribution in [-0.4, -0.2) is 23.5 Å². The molecule has 118 valence electrons. The van der Waals surface area contributed by atoms with E-state index < -0.39 is 0 Å². The van der Waals surface area contributed by atoms with Gasteiger partial charge in [-0.1, -0.05) is 0 Å². The summed E-state index contributed by atoms with van der Waals surface area (Å²) in [5, 5.41) is 6.30. The van der Waals surface area contributed by atoms with Gasteiger partial charge in [-0.25, -0.2) is 0 Å². The van der Waals surface area contributed by atoms with E-state index in [0.717, 1.165) is 54.1 Å². The Kier molecular flexibility index (Phi) is 3.50. The number of hydrogen-bond acceptors (Lipinski definition) is 4. The van der Waals surface area contributed by atoms with Crippen molar-refractivity contribution in [2.24, 2.45) is 0 Å². The third-order valence-electron chi connectivity index (χ3n) is 4.41. The van der Waals surface area contributed by atoms with E-state index in [1.807, 2.05) is 31.3 Å². The van der Waals surface area contributed by atoms with Crippen molar-refractivity contribution in [2.45, 2.75) is 32.4 Å². The number of benzene rings is 1. The minimum atomic E-state index is -0.0943. The number of pyridine rings is 1. The number of nitrogens with one attached hydrogen (secondary N) is 2. The molecule has 4 rings (SSSR count). The van der Waals surface area contributed by atoms with Gasteiger partial charge in [-0.2, -0.15) is 0 Å². The maximum atomic E-state index is 12.6. The molecule has 1 atom stereocenters. The molecule has 0 bridgehead atoms. The molecule has 0 spiro atoms. The standard InChI is InChI=1S/C18H19N3O2/c1-11-6-12-7-14(2-3-17(12)23-11)21-18(22)16-10-20-9-13-8-19-5-4-15(13)16/h2-3,7,9-11,19H,4-6,8H2,1H3,(H,21,22). The summed E-state index contributed by atoms with van der Waals surface area (Å²) in [7, 11) is 0. The Balaban J connectivity index is 1.58. The van der Waals surface area contributed by atoms with Gasteiger partial charge >= 0.3 is 0 Å². The van der Waals surface area contributed by atoms with E-state index in [1.165, 1.54) is 0 Å². The van der Waals surface area contributed by atoms with Crippen LogP contribution in [0.15, 0.2) is 30.6 Å². The van der Waals surface area contributed by atoms with E-state index in [0.29, 0.717) is 5.56 Å². The highest BCUT2D eigenvalue weighted by atomic mass is 16.5. The van der Waals surface area contributed by atoms with E-state index in [2.05, 4.69) is 15.6 Å². The van der Waals surface area contributed by atoms with Gasteiger partial charge in [0.1, 0.15) is 11.9 Å². The fraction of sp³-hybridized carbons (Fsp3) is 0.333. The zero-order valence-corrected chi connectivity index (χ0v) is 13.1. The van der Waals surface area contributed by atoms with Gasteiger partial charge in [0.25, 0.3) is 5.91 Å². The number of amides is 1. The summed E-state index contributed by atoms with van der Waals surface area (Å²) in [4.78, 5) is 16.9. The fourth-order valence-electron chi connectivity index (χ4n) is 3.31. The average Bonchev–Trinajstić information content (AvgIpc) is 2.93. The topological polar surface area (TPSA) is 63.2 Å². The maximum absolute atomic E-state index is 12.6. The Morgan fingerprint density at radius 1 is 1.35 bits per heavy atom. The van der Waals surface area contributed by atoms with E-state index in [4.69, 9.17) is 4.74 Å². The molecule has 1 amide bonds. The first-order chi connectivity index (χ1) is 11.2. The van der Waals surface area contributed by atoms with Gasteiger partial charge in [0.2, 0.25) is 0 Å². The molecule has 1 unspecified atom stereocenters. The summed E-state index contributed by atoms with van der Waals surface area (Å²) < 4.78 is 5.70. The molecule has 3 heterocycles. The normalized spacial score (nSPS) is 18.7. The van der Waals surface area contributed by atoms with Crippen LogP contribution in [0.25, 0.3) is 0 Å². The molecule has 0 saturated carbocycles. The minimum Gasteiger partial charge on any atom is -0.490 e. The zero-order chi connectivity index (χ0) is 15.8. The Morgan fingerprint density at radius 3 is 3.17 bits per heavy atom. The highest BCUT2D eigenvalue weighted by molar-refractivity contribution is 6.05. The molecule has 5 heteroatoms. The molecule has 0 fully saturated rings. The van der Waals surface area contributed by atoms with Gasteiger partial charge in [0, 0.05) is 31.0 Å². The molecule has 2 N–H and O–H groups in total. The summed E-state index contributed by atoms with van der Waals surface area (Å²) in [5.41, 5.74) is 4.84. The number of anilines is 1. The number of rotatable bonds is 2. The highest BCUT2D eigenvalue weighted by Crippen LogP contribution is 2.31. The maximum Gasteiger partial charge on any atom is 0.257 e. The molecule has 0 aliphatic carbocycles. The predicted octanol–water partition coefficient (Wildman–Crippen LogP) is 2.30. The third kappa shape index (κ3) is 2.68. The summed E-state index contributed by atoms with van der Waals surface area (Å²) in [6, 6.07) is 5.82. The largest absolute Gasteiger partial charge is 0.490 e. The Hall–Kier alpha value is -2.40. The molecule has 2 aromatic rings. The highest BCUT2D eigenvalue weighted by Gasteiger charge is 2.21. The lowest BCUT2D eigenvalue weighted by Crippen LogP contribution is -2.27. The van der Waals surface area contributed by atoms with Crippen LogP contribution in [0.1, 0.15) is 34.0 Å². The fourth-order valence-corrected chi connectivity index (χ4v) is 3.31. The number of ether oxygens (including phenoxy) is 1. The van der Waals surface area contributed by atoms with Crippen molar-refractivity contribution in [3.63, 3.8) is 0 Å². The number of carbonyl (C=O) groups is 1. The van der Waals surface area contributed by atoms with Crippen LogP contribution in [0.2, 0.25) is 0 Å². The van der Waals surface area contributed by atoms with Crippen molar-refractivity contribution in [2.75, 3.05) is 11.9 Å². The number of nitrogens with zero attached hydrogens (tertiary/aromatic N) is 1. The molecule has 2 aliphatic heterocycles. The molecular formula is C18H19N3O2. The summed E-state index contributed by atoms with van der Waals surface area (Å²) in [6.45, 7) is 3.72. The summed E-state index contributed by atoms with van der Waals surface area (Å²) >= 11 is 0. The molecule has 1 aromatic carbocycles. The van der Waals surface area contributed by atoms with Gasteiger partial charge < -0.3 is 15.4 Å². The molecule has 23 heavy (non-hydrogen) atoms. The van der Waals surface area contributed by atoms with Crippen LogP contribution in [0, 0.1) is 0 Å². The Labute approximate surface area is 135 Å². The lowest BCUT2D eigenvalue weighted by atomic mass is 9.98. The molecule has 5 nitrogen and oxygen atoms in total. The van der Waals surface area contributed by atoms with E-state index in [1.54, 1.807) is 6.20 Å². The second-order valence-electron chi connectivity index (χ2n) is 6.16. The van der Waals surface area contributed by atoms with Gasteiger partial charge in [0.05, 0.1) is 5.56 Å². The van der Waals surface area contributed by atoms with Crippen LogP contribution in [0.5, 0.6) is 5.75 Å². The molecule has 2 aliphatic rings. The van der Waals surface area contributed by atoms with Crippen LogP contribution < -0.4 is 15.4 Å². The monoisotopic (exact) mass is 309 g/mol. The van der Waals surface area contributed by atoms with Gasteiger partial charge in [0.15, 0.2) is 0 Å². The van der Waals surface area contributed by atoms with Crippen molar-refractivity contribution in [1.29, 1.82) is 0 Å². The first-order valence-corrected chi connectivity index (χ1v) is 7.98. The predicted molar refractivity (Wildman–Crippen MR) is 87.8 cm³/mol. The zero-order valence-electron chi connectivity index (χ0n) is 13.1. The Morgan fingerprint density at radius 2 is 2.26 bits per heavy atom. The summed E-state index contributed by atoms with van der Waals surface area (Å²) in [5.74, 6) is 0.823. The minimum absolute atomic E-state index is 0.0943. The summed E-state index contributed by atoms with van der Waals surface area (Å²) in [6.07, 6.45) is 5.45. The molecule has 1 aromatic heterocycles. The lowest BCUT2D eigenvalue weighted by Gasteiger charge is -2.19. The smallest absolute Gasteiger partial charge is 0.257 e. The number of hydrogen-bond donors (Lipinski definition) is 2. The first kappa shape index (κ1) is 14.2. The number of carbonyl (C=O) groups excluding carboxylic acids is 1. The van der Waals surface area contributed by atoms with E-state index in [9.17, 15) is 4.79 Å². The van der Waals surface area contributed by atoms with Crippen LogP contribution in [0.4, 0.5) is 5.69 Å². The van der Waals surface area contributed by atoms with Gasteiger partial charge in [-0.05, 0) is 54.8 Å².